The molecule has 0 aliphatic carbocycles. The van der Waals surface area contributed by atoms with Crippen LogP contribution in [0, 0.1) is 17.1 Å². The summed E-state index contributed by atoms with van der Waals surface area (Å²) in [7, 11) is 0. The van der Waals surface area contributed by atoms with Gasteiger partial charge in [0.25, 0.3) is 0 Å². The molecule has 7 nitrogen and oxygen atoms in total. The van der Waals surface area contributed by atoms with Gasteiger partial charge in [0.2, 0.25) is 5.91 Å². The predicted molar refractivity (Wildman–Crippen MR) is 133 cm³/mol. The first-order valence-electron chi connectivity index (χ1n) is 10.8. The number of carbonyl (C=O) groups excluding carboxylic acids is 1. The number of nitrogens with zero attached hydrogens (tertiary/aromatic N) is 2. The van der Waals surface area contributed by atoms with E-state index in [2.05, 4.69) is 20.6 Å². The zero-order valence-corrected chi connectivity index (χ0v) is 18.6. The highest BCUT2D eigenvalue weighted by atomic mass is 19.1. The van der Waals surface area contributed by atoms with Gasteiger partial charge in [0, 0.05) is 17.3 Å². The van der Waals surface area contributed by atoms with Gasteiger partial charge >= 0.3 is 11.8 Å². The molecular weight excluding hydrogens is 443 g/mol. The molecule has 1 heterocycles. The fourth-order valence-corrected chi connectivity index (χ4v) is 3.44. The molecule has 0 spiro atoms. The van der Waals surface area contributed by atoms with Gasteiger partial charge < -0.3 is 16.4 Å². The van der Waals surface area contributed by atoms with Crippen molar-refractivity contribution in [2.75, 3.05) is 10.6 Å². The monoisotopic (exact) mass is 465 g/mol. The zero-order valence-electron chi connectivity index (χ0n) is 18.6. The molecule has 0 atom stereocenters. The number of hydrogen-bond donors (Lipinski definition) is 3. The third kappa shape index (κ3) is 6.06. The summed E-state index contributed by atoms with van der Waals surface area (Å²) in [6, 6.07) is 26.7. The highest BCUT2D eigenvalue weighted by molar-refractivity contribution is 5.95. The molecule has 0 saturated heterocycles. The molecular formula is C27H22FN6O+. The first-order valence-corrected chi connectivity index (χ1v) is 10.8. The van der Waals surface area contributed by atoms with Gasteiger partial charge in [0.1, 0.15) is 17.4 Å². The minimum atomic E-state index is -0.636. The van der Waals surface area contributed by atoms with E-state index in [1.165, 1.54) is 12.1 Å². The Kier molecular flexibility index (Phi) is 7.09. The van der Waals surface area contributed by atoms with Crippen LogP contribution in [0.1, 0.15) is 11.1 Å². The summed E-state index contributed by atoms with van der Waals surface area (Å²) < 4.78 is 13.7. The first-order chi connectivity index (χ1) is 17.0. The molecule has 35 heavy (non-hydrogen) atoms. The van der Waals surface area contributed by atoms with Gasteiger partial charge in [-0.3, -0.25) is 4.79 Å². The molecule has 0 radical (unpaired) electrons. The van der Waals surface area contributed by atoms with Crippen LogP contribution >= 0.6 is 0 Å². The Morgan fingerprint density at radius 2 is 1.69 bits per heavy atom. The van der Waals surface area contributed by atoms with Crippen molar-refractivity contribution >= 4 is 29.1 Å². The molecule has 172 valence electrons. The second-order valence-corrected chi connectivity index (χ2v) is 7.65. The number of nitriles is 1. The average molecular weight is 466 g/mol. The third-order valence-electron chi connectivity index (χ3n) is 5.13. The topological polar surface area (TPSA) is 117 Å². The zero-order chi connectivity index (χ0) is 24.6. The van der Waals surface area contributed by atoms with Gasteiger partial charge in [0.15, 0.2) is 0 Å². The van der Waals surface area contributed by atoms with Gasteiger partial charge in [0.05, 0.1) is 18.3 Å². The molecule has 8 heteroatoms. The van der Waals surface area contributed by atoms with E-state index in [0.29, 0.717) is 17.9 Å². The van der Waals surface area contributed by atoms with E-state index in [-0.39, 0.29) is 23.1 Å². The van der Waals surface area contributed by atoms with E-state index in [4.69, 9.17) is 11.0 Å². The molecule has 0 unspecified atom stereocenters. The van der Waals surface area contributed by atoms with Gasteiger partial charge in [-0.15, -0.1) is 0 Å². The summed E-state index contributed by atoms with van der Waals surface area (Å²) in [5, 5.41) is 14.8. The van der Waals surface area contributed by atoms with Crippen molar-refractivity contribution in [1.82, 2.24) is 0 Å². The minimum absolute atomic E-state index is 0.00620. The van der Waals surface area contributed by atoms with E-state index < -0.39 is 5.82 Å². The van der Waals surface area contributed by atoms with Crippen LogP contribution in [0.3, 0.4) is 0 Å². The molecule has 4 aromatic rings. The average Bonchev–Trinajstić information content (AvgIpc) is 2.86. The highest BCUT2D eigenvalue weighted by Gasteiger charge is 2.12. The Morgan fingerprint density at radius 3 is 2.37 bits per heavy atom. The smallest absolute Gasteiger partial charge is 0.325 e. The number of H-pyrrole nitrogens is 1. The number of benzene rings is 3. The number of pyridine rings is 1. The molecule has 0 fully saturated rings. The van der Waals surface area contributed by atoms with Crippen LogP contribution in [0.15, 0.2) is 96.1 Å². The quantitative estimate of drug-likeness (QED) is 0.289. The maximum Gasteiger partial charge on any atom is 0.325 e. The number of aliphatic imine (C=N–C) groups is 1. The summed E-state index contributed by atoms with van der Waals surface area (Å²) in [5.74, 6) is -0.237. The molecule has 4 rings (SSSR count). The maximum absolute atomic E-state index is 13.7. The number of halogens is 1. The van der Waals surface area contributed by atoms with Gasteiger partial charge in [-0.25, -0.2) is 9.37 Å². The third-order valence-corrected chi connectivity index (χ3v) is 5.13. The van der Waals surface area contributed by atoms with Crippen LogP contribution in [0.5, 0.6) is 0 Å². The number of anilines is 2. The van der Waals surface area contributed by atoms with Crippen molar-refractivity contribution in [3.63, 3.8) is 0 Å². The van der Waals surface area contributed by atoms with Crippen LogP contribution in [0.2, 0.25) is 0 Å². The number of hydrogen-bond acceptors (Lipinski definition) is 3. The lowest BCUT2D eigenvalue weighted by molar-refractivity contribution is -0.361. The number of guanidine groups is 1. The number of nitrogens with two attached hydrogens (primary N) is 1. The summed E-state index contributed by atoms with van der Waals surface area (Å²) in [4.78, 5) is 19.5. The number of rotatable bonds is 6. The molecule has 1 amide bonds. The predicted octanol–water partition coefficient (Wildman–Crippen LogP) is 4.42. The Balaban J connectivity index is 1.39. The molecule has 3 aromatic carbocycles. The minimum Gasteiger partial charge on any atom is -0.348 e. The summed E-state index contributed by atoms with van der Waals surface area (Å²) in [6.07, 6.45) is 2.09. The standard InChI is InChI=1S/C27H21FN6O/c28-23-7-4-8-24(22(23)16-29)33-27(30)34-25-14-11-20(17-31-25)19-9-12-21(13-10-19)32-26(35)15-18-5-2-1-3-6-18/h1-14,17H,15H2,(H,32,35)(H3,30,31,33,34)/p+1. The van der Waals surface area contributed by atoms with Crippen molar-refractivity contribution in [3.8, 4) is 17.2 Å². The SMILES string of the molecule is N#Cc1c(F)cccc1NC(N)=Nc1ccc(-c2ccc(NC(=O)Cc3ccccc3)cc2)c[nH+]1. The Hall–Kier alpha value is -5.03. The molecule has 0 aliphatic heterocycles. The lowest BCUT2D eigenvalue weighted by Gasteiger charge is -2.07. The van der Waals surface area contributed by atoms with Crippen molar-refractivity contribution in [2.45, 2.75) is 6.42 Å². The summed E-state index contributed by atoms with van der Waals surface area (Å²) in [5.41, 5.74) is 9.55. The number of amides is 1. The van der Waals surface area contributed by atoms with Gasteiger partial charge in [-0.2, -0.15) is 5.26 Å². The molecule has 0 aliphatic rings. The van der Waals surface area contributed by atoms with Gasteiger partial charge in [-0.1, -0.05) is 48.5 Å². The lowest BCUT2D eigenvalue weighted by atomic mass is 10.1. The second-order valence-electron chi connectivity index (χ2n) is 7.65. The van der Waals surface area contributed by atoms with Crippen LogP contribution in [0.4, 0.5) is 21.6 Å². The molecule has 1 aromatic heterocycles. The number of nitrogens with one attached hydrogen (secondary N) is 3. The van der Waals surface area contributed by atoms with E-state index in [1.54, 1.807) is 24.4 Å². The van der Waals surface area contributed by atoms with Crippen LogP contribution in [-0.4, -0.2) is 11.9 Å². The Labute approximate surface area is 201 Å². The normalized spacial score (nSPS) is 10.9. The fourth-order valence-electron chi connectivity index (χ4n) is 3.44. The highest BCUT2D eigenvalue weighted by Crippen LogP contribution is 2.22. The lowest BCUT2D eigenvalue weighted by Crippen LogP contribution is -2.23. The van der Waals surface area contributed by atoms with Crippen molar-refractivity contribution in [1.29, 1.82) is 5.26 Å². The second kappa shape index (κ2) is 10.7. The largest absolute Gasteiger partial charge is 0.348 e. The van der Waals surface area contributed by atoms with Crippen LogP contribution in [0.25, 0.3) is 11.1 Å². The summed E-state index contributed by atoms with van der Waals surface area (Å²) in [6.45, 7) is 0. The van der Waals surface area contributed by atoms with Gasteiger partial charge in [-0.05, 0) is 46.5 Å². The van der Waals surface area contributed by atoms with Crippen molar-refractivity contribution < 1.29 is 14.2 Å². The molecule has 5 N–H and O–H groups in total. The Bertz CT molecular complexity index is 1390. The van der Waals surface area contributed by atoms with Crippen molar-refractivity contribution in [3.05, 3.63) is 108 Å². The van der Waals surface area contributed by atoms with Crippen LogP contribution in [-0.2, 0) is 11.2 Å². The fraction of sp³-hybridized carbons (Fsp3) is 0.0370. The molecule has 0 saturated carbocycles. The Morgan fingerprint density at radius 1 is 0.943 bits per heavy atom. The van der Waals surface area contributed by atoms with Crippen LogP contribution < -0.4 is 21.4 Å². The van der Waals surface area contributed by atoms with E-state index in [0.717, 1.165) is 16.7 Å². The number of aromatic amines is 1. The first kappa shape index (κ1) is 23.1. The van der Waals surface area contributed by atoms with E-state index in [9.17, 15) is 9.18 Å². The number of carbonyl (C=O) groups is 1. The summed E-state index contributed by atoms with van der Waals surface area (Å²) >= 11 is 0. The molecule has 0 bridgehead atoms. The maximum atomic E-state index is 13.7. The van der Waals surface area contributed by atoms with E-state index >= 15 is 0 Å². The van der Waals surface area contributed by atoms with Crippen molar-refractivity contribution in [2.24, 2.45) is 10.7 Å². The van der Waals surface area contributed by atoms with E-state index in [1.807, 2.05) is 60.7 Å². The number of aromatic nitrogens is 1.